The van der Waals surface area contributed by atoms with Crippen molar-refractivity contribution in [2.45, 2.75) is 44.6 Å². The lowest BCUT2D eigenvalue weighted by atomic mass is 9.86. The molecule has 2 unspecified atom stereocenters. The third-order valence-electron chi connectivity index (χ3n) is 4.09. The van der Waals surface area contributed by atoms with Crippen LogP contribution in [0.1, 0.15) is 49.0 Å². The van der Waals surface area contributed by atoms with Gasteiger partial charge >= 0.3 is 5.97 Å². The van der Waals surface area contributed by atoms with Crippen LogP contribution in [0.5, 0.6) is 0 Å². The summed E-state index contributed by atoms with van der Waals surface area (Å²) in [6, 6.07) is 2.23. The van der Waals surface area contributed by atoms with Crippen LogP contribution in [0.3, 0.4) is 0 Å². The third kappa shape index (κ3) is 3.93. The van der Waals surface area contributed by atoms with Crippen LogP contribution in [0.4, 0.5) is 0 Å². The number of hydrogen-bond donors (Lipinski definition) is 2. The Balaban J connectivity index is 2.13. The average Bonchev–Trinajstić information content (AvgIpc) is 2.44. The number of carboxylic acids is 1. The van der Waals surface area contributed by atoms with E-state index in [1.54, 1.807) is 0 Å². The highest BCUT2D eigenvalue weighted by atomic mass is 16.4. The number of carbonyl (C=O) groups is 2. The first kappa shape index (κ1) is 16.2. The summed E-state index contributed by atoms with van der Waals surface area (Å²) in [6.45, 7) is 0. The topological polar surface area (TPSA) is 101 Å². The maximum absolute atomic E-state index is 12.3. The smallest absolute Gasteiger partial charge is 0.308 e. The lowest BCUT2D eigenvalue weighted by Crippen LogP contribution is -2.44. The van der Waals surface area contributed by atoms with E-state index >= 15 is 0 Å². The molecule has 0 spiro atoms. The Morgan fingerprint density at radius 2 is 1.91 bits per heavy atom. The van der Waals surface area contributed by atoms with Gasteiger partial charge in [0.05, 0.1) is 5.92 Å². The van der Waals surface area contributed by atoms with Crippen molar-refractivity contribution in [3.63, 3.8) is 0 Å². The van der Waals surface area contributed by atoms with Gasteiger partial charge in [0.15, 0.2) is 0 Å². The molecule has 2 rings (SSSR count). The Hall–Kier alpha value is -2.18. The van der Waals surface area contributed by atoms with E-state index < -0.39 is 23.8 Å². The monoisotopic (exact) mass is 307 g/mol. The fraction of sp³-hybridized carbons (Fsp3) is 0.600. The number of rotatable bonds is 3. The molecule has 7 nitrogen and oxygen atoms in total. The summed E-state index contributed by atoms with van der Waals surface area (Å²) < 4.78 is 1.09. The van der Waals surface area contributed by atoms with Crippen LogP contribution < -0.4 is 10.9 Å². The largest absolute Gasteiger partial charge is 0.481 e. The normalized spacial score (nSPS) is 22.4. The highest BCUT2D eigenvalue weighted by Crippen LogP contribution is 2.23. The Morgan fingerprint density at radius 3 is 2.55 bits per heavy atom. The van der Waals surface area contributed by atoms with Gasteiger partial charge in [0, 0.05) is 19.2 Å². The molecule has 1 aromatic rings. The number of aromatic nitrogens is 2. The van der Waals surface area contributed by atoms with Crippen LogP contribution in [0.2, 0.25) is 0 Å². The van der Waals surface area contributed by atoms with Crippen molar-refractivity contribution in [3.05, 3.63) is 28.2 Å². The Labute approximate surface area is 128 Å². The number of carbonyl (C=O) groups excluding carboxylic acids is 1. The van der Waals surface area contributed by atoms with Crippen molar-refractivity contribution >= 4 is 11.9 Å². The fourth-order valence-corrected chi connectivity index (χ4v) is 2.82. The van der Waals surface area contributed by atoms with E-state index in [1.165, 1.54) is 19.2 Å². The summed E-state index contributed by atoms with van der Waals surface area (Å²) in [6.07, 6.45) is 5.07. The zero-order chi connectivity index (χ0) is 16.1. The first-order valence-corrected chi connectivity index (χ1v) is 7.57. The molecule has 1 amide bonds. The minimum Gasteiger partial charge on any atom is -0.481 e. The van der Waals surface area contributed by atoms with Crippen LogP contribution in [0, 0.1) is 5.92 Å². The van der Waals surface area contributed by atoms with Crippen molar-refractivity contribution in [1.82, 2.24) is 15.1 Å². The van der Waals surface area contributed by atoms with E-state index in [9.17, 15) is 19.5 Å². The number of nitrogens with zero attached hydrogens (tertiary/aromatic N) is 2. The number of hydrogen-bond acceptors (Lipinski definition) is 4. The van der Waals surface area contributed by atoms with Gasteiger partial charge in [-0.15, -0.1) is 0 Å². The van der Waals surface area contributed by atoms with E-state index in [1.807, 2.05) is 0 Å². The number of nitrogens with one attached hydrogen (secondary N) is 1. The van der Waals surface area contributed by atoms with Gasteiger partial charge in [-0.2, -0.15) is 5.10 Å². The molecule has 0 bridgehead atoms. The summed E-state index contributed by atoms with van der Waals surface area (Å²) in [7, 11) is 1.47. The van der Waals surface area contributed by atoms with Gasteiger partial charge in [-0.05, 0) is 18.9 Å². The second-order valence-corrected chi connectivity index (χ2v) is 5.70. The maximum atomic E-state index is 12.3. The van der Waals surface area contributed by atoms with Gasteiger partial charge in [0.25, 0.3) is 11.5 Å². The molecule has 1 aliphatic carbocycles. The van der Waals surface area contributed by atoms with Crippen molar-refractivity contribution in [2.75, 3.05) is 0 Å². The summed E-state index contributed by atoms with van der Waals surface area (Å²) in [5.41, 5.74) is -0.181. The molecule has 0 aromatic carbocycles. The SMILES string of the molecule is Cn1nc(C(=O)NC2CCCCCCC2C(=O)O)ccc1=O. The van der Waals surface area contributed by atoms with Crippen LogP contribution in [0.15, 0.2) is 16.9 Å². The van der Waals surface area contributed by atoms with Crippen molar-refractivity contribution < 1.29 is 14.7 Å². The van der Waals surface area contributed by atoms with Crippen molar-refractivity contribution in [2.24, 2.45) is 13.0 Å². The van der Waals surface area contributed by atoms with Gasteiger partial charge in [0.2, 0.25) is 0 Å². The molecule has 22 heavy (non-hydrogen) atoms. The second-order valence-electron chi connectivity index (χ2n) is 5.70. The quantitative estimate of drug-likeness (QED) is 0.865. The first-order valence-electron chi connectivity index (χ1n) is 7.57. The minimum atomic E-state index is -0.874. The Morgan fingerprint density at radius 1 is 1.23 bits per heavy atom. The molecule has 1 aliphatic rings. The molecule has 1 heterocycles. The number of aliphatic carboxylic acids is 1. The van der Waals surface area contributed by atoms with Gasteiger partial charge in [-0.3, -0.25) is 14.4 Å². The number of amides is 1. The van der Waals surface area contributed by atoms with Gasteiger partial charge in [0.1, 0.15) is 5.69 Å². The Kier molecular flexibility index (Phi) is 5.30. The van der Waals surface area contributed by atoms with E-state index in [2.05, 4.69) is 10.4 Å². The van der Waals surface area contributed by atoms with Gasteiger partial charge in [-0.25, -0.2) is 4.68 Å². The minimum absolute atomic E-state index is 0.119. The average molecular weight is 307 g/mol. The van der Waals surface area contributed by atoms with Crippen molar-refractivity contribution in [3.8, 4) is 0 Å². The molecule has 2 N–H and O–H groups in total. The molecule has 1 aromatic heterocycles. The zero-order valence-electron chi connectivity index (χ0n) is 12.6. The van der Waals surface area contributed by atoms with E-state index in [-0.39, 0.29) is 11.3 Å². The molecular formula is C15H21N3O4. The summed E-state index contributed by atoms with van der Waals surface area (Å²) >= 11 is 0. The molecule has 0 saturated heterocycles. The highest BCUT2D eigenvalue weighted by molar-refractivity contribution is 5.92. The molecule has 0 radical (unpaired) electrons. The van der Waals surface area contributed by atoms with Crippen LogP contribution >= 0.6 is 0 Å². The number of carboxylic acid groups (broad SMARTS) is 1. The molecule has 120 valence electrons. The van der Waals surface area contributed by atoms with Crippen LogP contribution in [-0.4, -0.2) is 32.8 Å². The molecule has 1 saturated carbocycles. The van der Waals surface area contributed by atoms with Crippen LogP contribution in [-0.2, 0) is 11.8 Å². The predicted molar refractivity (Wildman–Crippen MR) is 79.6 cm³/mol. The third-order valence-corrected chi connectivity index (χ3v) is 4.09. The van der Waals surface area contributed by atoms with E-state index in [4.69, 9.17) is 0 Å². The fourth-order valence-electron chi connectivity index (χ4n) is 2.82. The van der Waals surface area contributed by atoms with E-state index in [0.717, 1.165) is 30.4 Å². The lowest BCUT2D eigenvalue weighted by molar-refractivity contribution is -0.143. The zero-order valence-corrected chi connectivity index (χ0v) is 12.6. The number of aryl methyl sites for hydroxylation is 1. The molecule has 1 fully saturated rings. The lowest BCUT2D eigenvalue weighted by Gasteiger charge is -2.27. The van der Waals surface area contributed by atoms with Crippen LogP contribution in [0.25, 0.3) is 0 Å². The van der Waals surface area contributed by atoms with Gasteiger partial charge < -0.3 is 10.4 Å². The van der Waals surface area contributed by atoms with Gasteiger partial charge in [-0.1, -0.05) is 25.7 Å². The summed E-state index contributed by atoms with van der Waals surface area (Å²) in [4.78, 5) is 35.0. The predicted octanol–water partition coefficient (Wildman–Crippen LogP) is 0.934. The Bertz CT molecular complexity index is 611. The first-order chi connectivity index (χ1) is 10.5. The summed E-state index contributed by atoms with van der Waals surface area (Å²) in [5.74, 6) is -1.88. The standard InChI is InChI=1S/C15H21N3O4/c1-18-13(19)9-8-12(17-18)14(20)16-11-7-5-3-2-4-6-10(11)15(21)22/h8-11H,2-7H2,1H3,(H,16,20)(H,21,22). The molecule has 2 atom stereocenters. The van der Waals surface area contributed by atoms with Crippen molar-refractivity contribution in [1.29, 1.82) is 0 Å². The maximum Gasteiger partial charge on any atom is 0.308 e. The summed E-state index contributed by atoms with van der Waals surface area (Å²) in [5, 5.41) is 16.1. The molecular weight excluding hydrogens is 286 g/mol. The second kappa shape index (κ2) is 7.20. The highest BCUT2D eigenvalue weighted by Gasteiger charge is 2.30. The van der Waals surface area contributed by atoms with E-state index in [0.29, 0.717) is 12.8 Å². The molecule has 0 aliphatic heterocycles. The molecule has 7 heteroatoms.